The summed E-state index contributed by atoms with van der Waals surface area (Å²) in [5, 5.41) is 49.3. The number of anilines is 1. The number of benzene rings is 1. The summed E-state index contributed by atoms with van der Waals surface area (Å²) in [6.45, 7) is 3.28. The summed E-state index contributed by atoms with van der Waals surface area (Å²) >= 11 is 3.19. The number of hydrogen-bond donors (Lipinski definition) is 7. The van der Waals surface area contributed by atoms with E-state index in [1.165, 1.54) is 0 Å². The molecule has 8 N–H and O–H groups in total. The highest BCUT2D eigenvalue weighted by atomic mass is 32.1. The summed E-state index contributed by atoms with van der Waals surface area (Å²) in [5.74, 6) is 6.78. The predicted molar refractivity (Wildman–Crippen MR) is 210 cm³/mol. The van der Waals surface area contributed by atoms with Gasteiger partial charge in [0.15, 0.2) is 11.7 Å². The Hall–Kier alpha value is -3.66. The molecule has 3 fully saturated rings. The first-order chi connectivity index (χ1) is 25.0. The van der Waals surface area contributed by atoms with Gasteiger partial charge in [-0.25, -0.2) is 0 Å². The number of phenolic OH excluding ortho intramolecular Hbond substituents is 1. The molecule has 276 valence electrons. The number of guanidine groups is 1. The van der Waals surface area contributed by atoms with Crippen molar-refractivity contribution in [2.24, 2.45) is 39.3 Å². The second kappa shape index (κ2) is 14.6. The van der Waals surface area contributed by atoms with Crippen molar-refractivity contribution in [2.45, 2.75) is 89.5 Å². The maximum Gasteiger partial charge on any atom is 0.188 e. The van der Waals surface area contributed by atoms with Gasteiger partial charge in [0, 0.05) is 40.0 Å². The smallest absolute Gasteiger partial charge is 0.188 e. The van der Waals surface area contributed by atoms with Crippen molar-refractivity contribution >= 4 is 46.2 Å². The van der Waals surface area contributed by atoms with E-state index in [1.807, 2.05) is 37.3 Å². The van der Waals surface area contributed by atoms with Crippen molar-refractivity contribution in [1.29, 1.82) is 0 Å². The molecule has 0 unspecified atom stereocenters. The van der Waals surface area contributed by atoms with Crippen molar-refractivity contribution in [3.05, 3.63) is 63.4 Å². The molecular formula is C41H50N4O5S2. The normalized spacial score (nSPS) is 29.5. The number of aliphatic hydroxyl groups excluding tert-OH is 3. The molecule has 3 heterocycles. The summed E-state index contributed by atoms with van der Waals surface area (Å²) in [6.07, 6.45) is 8.57. The van der Waals surface area contributed by atoms with E-state index in [-0.39, 0.29) is 58.8 Å². The molecule has 0 amide bonds. The van der Waals surface area contributed by atoms with Gasteiger partial charge in [0.2, 0.25) is 0 Å². The molecule has 2 aromatic heterocycles. The topological polar surface area (TPSA) is 160 Å². The quantitative estimate of drug-likeness (QED) is 0.0575. The van der Waals surface area contributed by atoms with Gasteiger partial charge >= 0.3 is 0 Å². The number of fused-ring (bicyclic) bond motifs is 2. The Morgan fingerprint density at radius 1 is 1.15 bits per heavy atom. The van der Waals surface area contributed by atoms with Gasteiger partial charge in [0.05, 0.1) is 34.6 Å². The molecule has 3 aromatic rings. The van der Waals surface area contributed by atoms with Crippen molar-refractivity contribution in [3.63, 3.8) is 0 Å². The maximum absolute atomic E-state index is 14.7. The predicted octanol–water partition coefficient (Wildman–Crippen LogP) is 6.02. The molecule has 1 aliphatic heterocycles. The number of carbonyl (C=O) groups is 1. The number of phenols is 1. The number of ketones is 1. The molecule has 3 aliphatic carbocycles. The van der Waals surface area contributed by atoms with Crippen molar-refractivity contribution in [1.82, 2.24) is 5.32 Å². The number of nitrogens with two attached hydrogens (primary N) is 1. The van der Waals surface area contributed by atoms with Gasteiger partial charge in [0.1, 0.15) is 5.75 Å². The lowest BCUT2D eigenvalue weighted by atomic mass is 9.45. The summed E-state index contributed by atoms with van der Waals surface area (Å²) in [5.41, 5.74) is 8.26. The fourth-order valence-electron chi connectivity index (χ4n) is 10.1. The summed E-state index contributed by atoms with van der Waals surface area (Å²) in [6, 6.07) is 11.6. The van der Waals surface area contributed by atoms with E-state index in [0.29, 0.717) is 24.4 Å². The van der Waals surface area contributed by atoms with E-state index in [0.717, 1.165) is 69.3 Å². The fraction of sp³-hybridized carbons (Fsp3) is 0.512. The van der Waals surface area contributed by atoms with Crippen LogP contribution >= 0.6 is 22.7 Å². The van der Waals surface area contributed by atoms with E-state index >= 15 is 0 Å². The third-order valence-electron chi connectivity index (χ3n) is 12.6. The first-order valence-electron chi connectivity index (χ1n) is 18.4. The van der Waals surface area contributed by atoms with Crippen LogP contribution in [0.1, 0.15) is 84.5 Å². The second-order valence-corrected chi connectivity index (χ2v) is 17.6. The Bertz CT molecular complexity index is 1940. The number of aliphatic imine (C=N–C) groups is 1. The van der Waals surface area contributed by atoms with Crippen LogP contribution in [0.15, 0.2) is 47.5 Å². The van der Waals surface area contributed by atoms with Crippen LogP contribution in [-0.4, -0.2) is 70.1 Å². The van der Waals surface area contributed by atoms with Gasteiger partial charge < -0.3 is 36.8 Å². The summed E-state index contributed by atoms with van der Waals surface area (Å²) in [7, 11) is 1.67. The number of rotatable bonds is 10. The molecule has 11 heteroatoms. The highest BCUT2D eigenvalue weighted by Crippen LogP contribution is 2.69. The van der Waals surface area contributed by atoms with Crippen molar-refractivity contribution in [2.75, 3.05) is 19.0 Å². The van der Waals surface area contributed by atoms with Crippen molar-refractivity contribution in [3.8, 4) is 27.3 Å². The molecule has 3 saturated carbocycles. The van der Waals surface area contributed by atoms with E-state index in [1.54, 1.807) is 36.6 Å². The third kappa shape index (κ3) is 6.69. The Labute approximate surface area is 314 Å². The zero-order valence-corrected chi connectivity index (χ0v) is 31.7. The largest absolute Gasteiger partial charge is 0.507 e. The van der Waals surface area contributed by atoms with Crippen molar-refractivity contribution < 1.29 is 25.2 Å². The maximum atomic E-state index is 14.7. The average Bonchev–Trinajstić information content (AvgIpc) is 3.90. The Morgan fingerprint density at radius 3 is 2.67 bits per heavy atom. The molecule has 7 rings (SSSR count). The number of hydrogen-bond acceptors (Lipinski definition) is 9. The third-order valence-corrected chi connectivity index (χ3v) is 14.9. The molecular weight excluding hydrogens is 693 g/mol. The van der Waals surface area contributed by atoms with E-state index in [4.69, 9.17) is 5.73 Å². The van der Waals surface area contributed by atoms with Crippen LogP contribution in [0.25, 0.3) is 15.8 Å². The van der Waals surface area contributed by atoms with E-state index in [2.05, 4.69) is 45.7 Å². The molecule has 9 atom stereocenters. The van der Waals surface area contributed by atoms with Gasteiger partial charge in [-0.2, -0.15) is 0 Å². The van der Waals surface area contributed by atoms with Crippen LogP contribution in [0, 0.1) is 40.4 Å². The number of aliphatic hydroxyl groups is 3. The number of Topliss-reactive ketones (excluding diaryl/α,β-unsaturated/α-hetero) is 1. The van der Waals surface area contributed by atoms with E-state index in [9.17, 15) is 25.2 Å². The highest BCUT2D eigenvalue weighted by molar-refractivity contribution is 7.23. The fourth-order valence-corrected chi connectivity index (χ4v) is 12.1. The number of nitrogens with one attached hydrogen (secondary N) is 2. The molecule has 1 spiro atoms. The minimum atomic E-state index is -0.818. The lowest BCUT2D eigenvalue weighted by Gasteiger charge is -2.60. The second-order valence-electron chi connectivity index (χ2n) is 15.5. The van der Waals surface area contributed by atoms with Gasteiger partial charge in [-0.3, -0.25) is 9.79 Å². The number of aromatic hydroxyl groups is 1. The molecule has 0 saturated heterocycles. The average molecular weight is 743 g/mol. The van der Waals surface area contributed by atoms with Gasteiger partial charge in [0.25, 0.3) is 0 Å². The minimum Gasteiger partial charge on any atom is -0.507 e. The lowest BCUT2D eigenvalue weighted by molar-refractivity contribution is -0.0786. The zero-order chi connectivity index (χ0) is 36.8. The Morgan fingerprint density at radius 2 is 1.92 bits per heavy atom. The summed E-state index contributed by atoms with van der Waals surface area (Å²) in [4.78, 5) is 23.0. The Balaban J connectivity index is 1.22. The van der Waals surface area contributed by atoms with Crippen LogP contribution in [0.4, 0.5) is 5.69 Å². The highest BCUT2D eigenvalue weighted by Gasteiger charge is 2.64. The van der Waals surface area contributed by atoms with Gasteiger partial charge in [-0.05, 0) is 130 Å². The Kier molecular flexibility index (Phi) is 10.3. The molecule has 4 aliphatic rings. The number of carbonyl (C=O) groups excluding carboxylic acids is 1. The van der Waals surface area contributed by atoms with Gasteiger partial charge in [-0.15, -0.1) is 28.6 Å². The first kappa shape index (κ1) is 36.7. The lowest BCUT2D eigenvalue weighted by Crippen LogP contribution is -2.60. The summed E-state index contributed by atoms with van der Waals surface area (Å²) < 4.78 is 0. The molecule has 0 radical (unpaired) electrons. The van der Waals surface area contributed by atoms with Crippen LogP contribution in [0.3, 0.4) is 0 Å². The zero-order valence-electron chi connectivity index (χ0n) is 30.1. The first-order valence-corrected chi connectivity index (χ1v) is 20.1. The van der Waals surface area contributed by atoms with E-state index < -0.39 is 12.2 Å². The SMILES string of the molecule is CC#Cc1ccc(-c2ccc(C(=O)[C@H]3CC[C@]4([C@@H](Cc5cc(O)c6c(c5)N[C@H]([C@H](C)O)C=C6)NC(N)=NC)CC[C@H]5C[C@@H]([C@H](O)CO)C[C@]53C4)s2)s1. The van der Waals surface area contributed by atoms with Crippen LogP contribution in [-0.2, 0) is 6.42 Å². The molecule has 2 bridgehead atoms. The van der Waals surface area contributed by atoms with Crippen LogP contribution in [0.5, 0.6) is 5.75 Å². The van der Waals surface area contributed by atoms with Crippen LogP contribution < -0.4 is 16.4 Å². The standard InChI is InChI=1S/C41H50N4O5S2/c1-4-5-27-6-9-34(51-27)35-10-11-36(52-35)38(50)29-13-15-40(14-12-26-19-25(33(49)21-46)20-41(26,29)22-40)37(45-39(42)43-3)18-24-16-31-28(32(48)17-24)7-8-30(44-31)23(2)47/h6-11,16-17,23,25-26,29-30,33,37,44,46-49H,12-15,18-22H2,1-3H3,(H3,42,43,45)/t23-,25+,26-,29+,30-,33+,37+,40+,41-/m0/s1. The number of thiophene rings is 2. The monoisotopic (exact) mass is 742 g/mol. The molecule has 9 nitrogen and oxygen atoms in total. The van der Waals surface area contributed by atoms with Gasteiger partial charge in [-0.1, -0.05) is 18.1 Å². The molecule has 52 heavy (non-hydrogen) atoms. The number of nitrogens with zero attached hydrogens (tertiary/aromatic N) is 1. The minimum absolute atomic E-state index is 0.0745. The molecule has 1 aromatic carbocycles. The van der Waals surface area contributed by atoms with Crippen LogP contribution in [0.2, 0.25) is 0 Å².